The predicted octanol–water partition coefficient (Wildman–Crippen LogP) is 2.52. The lowest BCUT2D eigenvalue weighted by Crippen LogP contribution is -1.92. The third-order valence-corrected chi connectivity index (χ3v) is 1.95. The van der Waals surface area contributed by atoms with Gasteiger partial charge in [-0.3, -0.25) is 10.1 Å². The Morgan fingerprint density at radius 1 is 1.57 bits per heavy atom. The van der Waals surface area contributed by atoms with Crippen LogP contribution in [0.4, 0.5) is 11.4 Å². The van der Waals surface area contributed by atoms with Gasteiger partial charge in [-0.25, -0.2) is 4.79 Å². The molecular weight excluding hydrogens is 208 g/mol. The smallest absolute Gasteiger partial charge is 0.258 e. The first-order valence-corrected chi connectivity index (χ1v) is 3.97. The number of aryl methyl sites for hydroxylation is 1. The number of rotatable bonds is 2. The van der Waals surface area contributed by atoms with Crippen molar-refractivity contribution < 1.29 is 9.72 Å². The second-order valence-electron chi connectivity index (χ2n) is 2.52. The summed E-state index contributed by atoms with van der Waals surface area (Å²) in [6.07, 6.45) is 1.23. The maximum atomic E-state index is 10.6. The van der Waals surface area contributed by atoms with Crippen LogP contribution >= 0.6 is 11.6 Å². The normalized spacial score (nSPS) is 9.29. The van der Waals surface area contributed by atoms with Crippen LogP contribution < -0.4 is 0 Å². The van der Waals surface area contributed by atoms with Crippen LogP contribution in [0.1, 0.15) is 5.56 Å². The quantitative estimate of drug-likeness (QED) is 0.327. The summed E-state index contributed by atoms with van der Waals surface area (Å²) in [5.74, 6) is 0. The summed E-state index contributed by atoms with van der Waals surface area (Å²) in [4.78, 5) is 23.2. The minimum Gasteiger partial charge on any atom is -0.258 e. The molecule has 0 aromatic heterocycles. The molecule has 14 heavy (non-hydrogen) atoms. The largest absolute Gasteiger partial charge is 0.300 e. The van der Waals surface area contributed by atoms with Gasteiger partial charge in [0.1, 0.15) is 0 Å². The van der Waals surface area contributed by atoms with Crippen molar-refractivity contribution in [3.05, 3.63) is 32.8 Å². The first kappa shape index (κ1) is 10.4. The second kappa shape index (κ2) is 4.00. The molecule has 1 aromatic rings. The van der Waals surface area contributed by atoms with Crippen LogP contribution in [0.2, 0.25) is 5.02 Å². The first-order valence-electron chi connectivity index (χ1n) is 3.59. The van der Waals surface area contributed by atoms with E-state index in [1.165, 1.54) is 25.1 Å². The molecule has 5 nitrogen and oxygen atoms in total. The van der Waals surface area contributed by atoms with Crippen molar-refractivity contribution in [1.82, 2.24) is 0 Å². The van der Waals surface area contributed by atoms with Gasteiger partial charge in [-0.05, 0) is 13.0 Å². The number of aliphatic imine (C=N–C) groups is 1. The number of nitrogens with zero attached hydrogens (tertiary/aromatic N) is 2. The molecular formula is C8H5ClN2O3. The summed E-state index contributed by atoms with van der Waals surface area (Å²) in [7, 11) is 0. The number of halogens is 1. The minimum absolute atomic E-state index is 0.0608. The third kappa shape index (κ3) is 1.79. The van der Waals surface area contributed by atoms with Gasteiger partial charge in [-0.1, -0.05) is 17.7 Å². The van der Waals surface area contributed by atoms with Gasteiger partial charge >= 0.3 is 0 Å². The molecule has 0 heterocycles. The fourth-order valence-corrected chi connectivity index (χ4v) is 1.23. The maximum Gasteiger partial charge on any atom is 0.300 e. The molecule has 0 aliphatic carbocycles. The topological polar surface area (TPSA) is 72.6 Å². The van der Waals surface area contributed by atoms with Crippen LogP contribution in [0.3, 0.4) is 0 Å². The molecule has 0 unspecified atom stereocenters. The van der Waals surface area contributed by atoms with Crippen LogP contribution in [0, 0.1) is 17.0 Å². The van der Waals surface area contributed by atoms with E-state index < -0.39 is 4.92 Å². The standard InChI is InChI=1S/C8H5ClN2O3/c1-5-2-3-6(9)7(10-4-12)8(5)11(13)14/h2-3H,1H3. The highest BCUT2D eigenvalue weighted by molar-refractivity contribution is 6.33. The Morgan fingerprint density at radius 3 is 2.71 bits per heavy atom. The molecule has 0 spiro atoms. The van der Waals surface area contributed by atoms with Crippen molar-refractivity contribution in [3.63, 3.8) is 0 Å². The summed E-state index contributed by atoms with van der Waals surface area (Å²) < 4.78 is 0. The van der Waals surface area contributed by atoms with Crippen LogP contribution in [0.25, 0.3) is 0 Å². The Hall–Kier alpha value is -1.71. The number of carbonyl (C=O) groups excluding carboxylic acids is 1. The molecule has 0 atom stereocenters. The molecule has 0 saturated carbocycles. The number of benzene rings is 1. The van der Waals surface area contributed by atoms with E-state index in [0.717, 1.165) is 0 Å². The second-order valence-corrected chi connectivity index (χ2v) is 2.93. The molecule has 0 aliphatic rings. The summed E-state index contributed by atoms with van der Waals surface area (Å²) in [6.45, 7) is 1.54. The van der Waals surface area contributed by atoms with Crippen molar-refractivity contribution in [2.45, 2.75) is 6.92 Å². The molecule has 0 fully saturated rings. The minimum atomic E-state index is -0.628. The molecule has 6 heteroatoms. The maximum absolute atomic E-state index is 10.6. The molecule has 0 saturated heterocycles. The van der Waals surface area contributed by atoms with E-state index in [-0.39, 0.29) is 16.4 Å². The number of nitro benzene ring substituents is 1. The highest BCUT2D eigenvalue weighted by Gasteiger charge is 2.19. The molecule has 72 valence electrons. The highest BCUT2D eigenvalue weighted by Crippen LogP contribution is 2.36. The number of hydrogen-bond donors (Lipinski definition) is 0. The fourth-order valence-electron chi connectivity index (χ4n) is 1.04. The average Bonchev–Trinajstić information content (AvgIpc) is 2.11. The molecule has 0 radical (unpaired) electrons. The Bertz CT molecular complexity index is 411. The number of isocyanates is 1. The summed E-state index contributed by atoms with van der Waals surface area (Å²) in [5, 5.41) is 10.7. The van der Waals surface area contributed by atoms with Crippen LogP contribution in [0.15, 0.2) is 17.1 Å². The van der Waals surface area contributed by atoms with E-state index in [1.807, 2.05) is 0 Å². The lowest BCUT2D eigenvalue weighted by Gasteiger charge is -2.00. The lowest BCUT2D eigenvalue weighted by molar-refractivity contribution is -0.384. The SMILES string of the molecule is Cc1ccc(Cl)c(N=C=O)c1[N+](=O)[O-]. The summed E-state index contributed by atoms with van der Waals surface area (Å²) >= 11 is 5.65. The molecule has 0 aliphatic heterocycles. The predicted molar refractivity (Wildman–Crippen MR) is 50.6 cm³/mol. The van der Waals surface area contributed by atoms with Gasteiger partial charge in [0, 0.05) is 5.56 Å². The van der Waals surface area contributed by atoms with E-state index in [2.05, 4.69) is 4.99 Å². The van der Waals surface area contributed by atoms with Gasteiger partial charge in [0.05, 0.1) is 9.95 Å². The summed E-state index contributed by atoms with van der Waals surface area (Å²) in [5.41, 5.74) is -0.0130. The zero-order chi connectivity index (χ0) is 10.7. The molecule has 0 N–H and O–H groups in total. The lowest BCUT2D eigenvalue weighted by atomic mass is 10.2. The molecule has 0 bridgehead atoms. The van der Waals surface area contributed by atoms with Gasteiger partial charge in [0.15, 0.2) is 5.69 Å². The molecule has 1 rings (SSSR count). The average molecular weight is 213 g/mol. The van der Waals surface area contributed by atoms with Crippen molar-refractivity contribution in [2.75, 3.05) is 0 Å². The van der Waals surface area contributed by atoms with Crippen molar-refractivity contribution in [3.8, 4) is 0 Å². The zero-order valence-corrected chi connectivity index (χ0v) is 7.91. The Kier molecular flexibility index (Phi) is 2.96. The Morgan fingerprint density at radius 2 is 2.21 bits per heavy atom. The fraction of sp³-hybridized carbons (Fsp3) is 0.125. The molecule has 0 amide bonds. The van der Waals surface area contributed by atoms with Gasteiger partial charge in [0.2, 0.25) is 6.08 Å². The zero-order valence-electron chi connectivity index (χ0n) is 7.15. The Labute approximate surface area is 84.2 Å². The van der Waals surface area contributed by atoms with Crippen LogP contribution in [-0.2, 0) is 4.79 Å². The van der Waals surface area contributed by atoms with Gasteiger partial charge < -0.3 is 0 Å². The van der Waals surface area contributed by atoms with E-state index in [0.29, 0.717) is 5.56 Å². The van der Waals surface area contributed by atoms with Crippen molar-refractivity contribution in [2.24, 2.45) is 4.99 Å². The monoisotopic (exact) mass is 212 g/mol. The van der Waals surface area contributed by atoms with Gasteiger partial charge in [-0.2, -0.15) is 4.99 Å². The first-order chi connectivity index (χ1) is 6.57. The van der Waals surface area contributed by atoms with Gasteiger partial charge in [-0.15, -0.1) is 0 Å². The van der Waals surface area contributed by atoms with Crippen molar-refractivity contribution in [1.29, 1.82) is 0 Å². The third-order valence-electron chi connectivity index (χ3n) is 1.64. The van der Waals surface area contributed by atoms with Crippen LogP contribution in [-0.4, -0.2) is 11.0 Å². The summed E-state index contributed by atoms with van der Waals surface area (Å²) in [6, 6.07) is 2.93. The van der Waals surface area contributed by atoms with Crippen LogP contribution in [0.5, 0.6) is 0 Å². The van der Waals surface area contributed by atoms with Crippen molar-refractivity contribution >= 4 is 29.1 Å². The highest BCUT2D eigenvalue weighted by atomic mass is 35.5. The molecule has 1 aromatic carbocycles. The van der Waals surface area contributed by atoms with E-state index >= 15 is 0 Å². The van der Waals surface area contributed by atoms with E-state index in [4.69, 9.17) is 11.6 Å². The number of hydrogen-bond acceptors (Lipinski definition) is 4. The Balaban J connectivity index is 3.57. The van der Waals surface area contributed by atoms with Gasteiger partial charge in [0.25, 0.3) is 5.69 Å². The number of nitro groups is 1. The van der Waals surface area contributed by atoms with E-state index in [9.17, 15) is 14.9 Å². The van der Waals surface area contributed by atoms with E-state index in [1.54, 1.807) is 0 Å².